The molecule has 0 unspecified atom stereocenters. The first-order valence-electron chi connectivity index (χ1n) is 6.67. The Kier molecular flexibility index (Phi) is 3.61. The summed E-state index contributed by atoms with van der Waals surface area (Å²) in [5.41, 5.74) is 0. The number of hydrogen-bond donors (Lipinski definition) is 0. The van der Waals surface area contributed by atoms with E-state index in [1.165, 1.54) is 25.7 Å². The summed E-state index contributed by atoms with van der Waals surface area (Å²) >= 11 is 5.77. The van der Waals surface area contributed by atoms with Gasteiger partial charge in [0, 0.05) is 32.2 Å². The summed E-state index contributed by atoms with van der Waals surface area (Å²) in [6, 6.07) is 0.819. The van der Waals surface area contributed by atoms with Crippen molar-refractivity contribution in [2.75, 3.05) is 31.1 Å². The first kappa shape index (κ1) is 12.1. The first-order chi connectivity index (χ1) is 8.83. The first-order valence-corrected chi connectivity index (χ1v) is 7.05. The Morgan fingerprint density at radius 2 is 1.83 bits per heavy atom. The highest BCUT2D eigenvalue weighted by molar-refractivity contribution is 6.28. The van der Waals surface area contributed by atoms with E-state index in [1.54, 1.807) is 6.20 Å². The highest BCUT2D eigenvalue weighted by atomic mass is 35.5. The van der Waals surface area contributed by atoms with Crippen molar-refractivity contribution in [1.29, 1.82) is 0 Å². The molecule has 6 heteroatoms. The van der Waals surface area contributed by atoms with Crippen molar-refractivity contribution in [1.82, 2.24) is 20.1 Å². The van der Waals surface area contributed by atoms with E-state index in [4.69, 9.17) is 11.6 Å². The smallest absolute Gasteiger partial charge is 0.244 e. The number of piperazine rings is 1. The molecule has 0 aromatic carbocycles. The fourth-order valence-electron chi connectivity index (χ4n) is 3.01. The number of rotatable bonds is 2. The summed E-state index contributed by atoms with van der Waals surface area (Å²) in [5.74, 6) is 0.848. The van der Waals surface area contributed by atoms with Crippen LogP contribution in [0.2, 0.25) is 5.28 Å². The molecule has 0 N–H and O–H groups in total. The van der Waals surface area contributed by atoms with Crippen LogP contribution >= 0.6 is 11.6 Å². The van der Waals surface area contributed by atoms with Gasteiger partial charge in [0.2, 0.25) is 5.28 Å². The lowest BCUT2D eigenvalue weighted by atomic mass is 10.2. The van der Waals surface area contributed by atoms with E-state index < -0.39 is 0 Å². The third-order valence-electron chi connectivity index (χ3n) is 4.00. The summed E-state index contributed by atoms with van der Waals surface area (Å²) in [5, 5.41) is 7.76. The zero-order valence-electron chi connectivity index (χ0n) is 10.4. The number of hydrogen-bond acceptors (Lipinski definition) is 5. The molecule has 2 aliphatic rings. The molecule has 1 aromatic heterocycles. The molecule has 0 atom stereocenters. The monoisotopic (exact) mass is 267 g/mol. The van der Waals surface area contributed by atoms with Gasteiger partial charge in [0.1, 0.15) is 0 Å². The van der Waals surface area contributed by atoms with Gasteiger partial charge in [0.05, 0.1) is 6.20 Å². The SMILES string of the molecule is Clc1nncc(N2CCN(C3CCCC3)CC2)n1. The molecule has 1 saturated carbocycles. The van der Waals surface area contributed by atoms with Crippen molar-refractivity contribution >= 4 is 17.4 Å². The Morgan fingerprint density at radius 3 is 2.50 bits per heavy atom. The molecule has 18 heavy (non-hydrogen) atoms. The molecular weight excluding hydrogens is 250 g/mol. The lowest BCUT2D eigenvalue weighted by Gasteiger charge is -2.38. The maximum atomic E-state index is 5.77. The van der Waals surface area contributed by atoms with Crippen LogP contribution in [0.25, 0.3) is 0 Å². The fraction of sp³-hybridized carbons (Fsp3) is 0.750. The van der Waals surface area contributed by atoms with Gasteiger partial charge in [-0.1, -0.05) is 12.8 Å². The average Bonchev–Trinajstić information content (AvgIpc) is 2.93. The third kappa shape index (κ3) is 2.57. The van der Waals surface area contributed by atoms with Crippen LogP contribution in [0.3, 0.4) is 0 Å². The second-order valence-corrected chi connectivity index (χ2v) is 5.38. The van der Waals surface area contributed by atoms with Crippen LogP contribution in [0, 0.1) is 0 Å². The van der Waals surface area contributed by atoms with Gasteiger partial charge in [-0.15, -0.1) is 5.10 Å². The van der Waals surface area contributed by atoms with Crippen molar-refractivity contribution in [2.45, 2.75) is 31.7 Å². The number of aromatic nitrogens is 3. The molecule has 0 radical (unpaired) electrons. The minimum absolute atomic E-state index is 0.228. The van der Waals surface area contributed by atoms with Gasteiger partial charge in [0.15, 0.2) is 5.82 Å². The molecule has 1 aliphatic carbocycles. The second-order valence-electron chi connectivity index (χ2n) is 5.04. The molecule has 5 nitrogen and oxygen atoms in total. The van der Waals surface area contributed by atoms with Gasteiger partial charge in [-0.05, 0) is 24.4 Å². The Labute approximate surface area is 112 Å². The van der Waals surface area contributed by atoms with Crippen LogP contribution in [0.5, 0.6) is 0 Å². The van der Waals surface area contributed by atoms with Crippen LogP contribution in [0.4, 0.5) is 5.82 Å². The lowest BCUT2D eigenvalue weighted by Crippen LogP contribution is -2.50. The van der Waals surface area contributed by atoms with E-state index in [2.05, 4.69) is 25.0 Å². The highest BCUT2D eigenvalue weighted by Gasteiger charge is 2.26. The Hall–Kier alpha value is -0.940. The Bertz CT molecular complexity index is 399. The van der Waals surface area contributed by atoms with Crippen LogP contribution in [-0.4, -0.2) is 52.3 Å². The lowest BCUT2D eigenvalue weighted by molar-refractivity contribution is 0.187. The molecule has 3 rings (SSSR count). The minimum Gasteiger partial charge on any atom is -0.353 e. The Balaban J connectivity index is 1.59. The van der Waals surface area contributed by atoms with Crippen LogP contribution < -0.4 is 4.90 Å². The molecule has 0 amide bonds. The van der Waals surface area contributed by atoms with Crippen LogP contribution in [0.15, 0.2) is 6.20 Å². The van der Waals surface area contributed by atoms with E-state index in [-0.39, 0.29) is 5.28 Å². The van der Waals surface area contributed by atoms with E-state index in [9.17, 15) is 0 Å². The van der Waals surface area contributed by atoms with Crippen LogP contribution in [-0.2, 0) is 0 Å². The highest BCUT2D eigenvalue weighted by Crippen LogP contribution is 2.25. The van der Waals surface area contributed by atoms with Crippen molar-refractivity contribution in [3.8, 4) is 0 Å². The zero-order chi connectivity index (χ0) is 12.4. The standard InChI is InChI=1S/C12H18ClN5/c13-12-15-11(9-14-16-12)18-7-5-17(6-8-18)10-3-1-2-4-10/h9-10H,1-8H2. The van der Waals surface area contributed by atoms with Gasteiger partial charge in [-0.3, -0.25) is 4.90 Å². The largest absolute Gasteiger partial charge is 0.353 e. The molecule has 2 fully saturated rings. The molecule has 0 bridgehead atoms. The zero-order valence-corrected chi connectivity index (χ0v) is 11.2. The number of halogens is 1. The Morgan fingerprint density at radius 1 is 1.11 bits per heavy atom. The molecular formula is C12H18ClN5. The van der Waals surface area contributed by atoms with Gasteiger partial charge in [0.25, 0.3) is 0 Å². The molecule has 1 saturated heterocycles. The molecule has 98 valence electrons. The summed E-state index contributed by atoms with van der Waals surface area (Å²) in [6.07, 6.45) is 7.24. The predicted octanol–water partition coefficient (Wildman–Crippen LogP) is 1.59. The van der Waals surface area contributed by atoms with Gasteiger partial charge in [-0.25, -0.2) is 0 Å². The van der Waals surface area contributed by atoms with E-state index in [0.717, 1.165) is 38.0 Å². The third-order valence-corrected chi connectivity index (χ3v) is 4.16. The fourth-order valence-corrected chi connectivity index (χ4v) is 3.14. The number of anilines is 1. The van der Waals surface area contributed by atoms with Crippen LogP contribution in [0.1, 0.15) is 25.7 Å². The predicted molar refractivity (Wildman–Crippen MR) is 70.9 cm³/mol. The number of nitrogens with zero attached hydrogens (tertiary/aromatic N) is 5. The topological polar surface area (TPSA) is 45.2 Å². The minimum atomic E-state index is 0.228. The van der Waals surface area contributed by atoms with Gasteiger partial charge in [-0.2, -0.15) is 10.1 Å². The summed E-state index contributed by atoms with van der Waals surface area (Å²) < 4.78 is 0. The molecule has 0 spiro atoms. The van der Waals surface area contributed by atoms with Crippen molar-refractivity contribution in [2.24, 2.45) is 0 Å². The quantitative estimate of drug-likeness (QED) is 0.814. The van der Waals surface area contributed by atoms with Crippen molar-refractivity contribution in [3.05, 3.63) is 11.5 Å². The molecule has 1 aromatic rings. The van der Waals surface area contributed by atoms with Crippen molar-refractivity contribution < 1.29 is 0 Å². The molecule has 2 heterocycles. The summed E-state index contributed by atoms with van der Waals surface area (Å²) in [7, 11) is 0. The second kappa shape index (κ2) is 5.36. The van der Waals surface area contributed by atoms with Gasteiger partial charge < -0.3 is 4.90 Å². The van der Waals surface area contributed by atoms with Gasteiger partial charge >= 0.3 is 0 Å². The van der Waals surface area contributed by atoms with Crippen molar-refractivity contribution in [3.63, 3.8) is 0 Å². The van der Waals surface area contributed by atoms with E-state index in [0.29, 0.717) is 0 Å². The normalized spacial score (nSPS) is 22.6. The summed E-state index contributed by atoms with van der Waals surface area (Å²) in [6.45, 7) is 4.25. The summed E-state index contributed by atoms with van der Waals surface area (Å²) in [4.78, 5) is 9.09. The maximum absolute atomic E-state index is 5.77. The van der Waals surface area contributed by atoms with E-state index >= 15 is 0 Å². The molecule has 1 aliphatic heterocycles. The average molecular weight is 268 g/mol. The van der Waals surface area contributed by atoms with E-state index in [1.807, 2.05) is 0 Å². The maximum Gasteiger partial charge on any atom is 0.244 e.